The predicted octanol–water partition coefficient (Wildman–Crippen LogP) is 3.84. The van der Waals surface area contributed by atoms with Crippen LogP contribution in [0.2, 0.25) is 0 Å². The molecule has 0 saturated carbocycles. The van der Waals surface area contributed by atoms with Crippen molar-refractivity contribution in [3.8, 4) is 0 Å². The van der Waals surface area contributed by atoms with Crippen LogP contribution in [0.1, 0.15) is 33.0 Å². The van der Waals surface area contributed by atoms with E-state index in [1.165, 1.54) is 35.9 Å². The molecule has 142 valence electrons. The third-order valence-corrected chi connectivity index (χ3v) is 4.11. The summed E-state index contributed by atoms with van der Waals surface area (Å²) in [5.74, 6) is -1.47. The van der Waals surface area contributed by atoms with Crippen LogP contribution in [-0.2, 0) is 6.42 Å². The van der Waals surface area contributed by atoms with Crippen LogP contribution < -0.4 is 10.6 Å². The molecule has 6 heteroatoms. The number of para-hydroxylation sites is 1. The van der Waals surface area contributed by atoms with Gasteiger partial charge in [-0.3, -0.25) is 9.59 Å². The first-order valence-corrected chi connectivity index (χ1v) is 8.98. The Hall–Kier alpha value is -3.54. The lowest BCUT2D eigenvalue weighted by molar-refractivity contribution is 0.0948. The van der Waals surface area contributed by atoms with Gasteiger partial charge in [0.05, 0.1) is 5.69 Å². The first-order valence-electron chi connectivity index (χ1n) is 8.98. The fraction of sp³-hybridized carbons (Fsp3) is 0.136. The number of pyridine rings is 1. The summed E-state index contributed by atoms with van der Waals surface area (Å²) in [6, 6.07) is 20.5. The summed E-state index contributed by atoms with van der Waals surface area (Å²) >= 11 is 0. The van der Waals surface area contributed by atoms with E-state index in [4.69, 9.17) is 0 Å². The molecule has 0 unspecified atom stereocenters. The van der Waals surface area contributed by atoms with Crippen molar-refractivity contribution in [1.29, 1.82) is 0 Å². The van der Waals surface area contributed by atoms with Crippen molar-refractivity contribution in [2.45, 2.75) is 12.8 Å². The van der Waals surface area contributed by atoms with Crippen LogP contribution in [0.3, 0.4) is 0 Å². The summed E-state index contributed by atoms with van der Waals surface area (Å²) in [5.41, 5.74) is 1.45. The molecule has 0 aliphatic carbocycles. The number of amides is 2. The van der Waals surface area contributed by atoms with Crippen molar-refractivity contribution in [3.63, 3.8) is 0 Å². The van der Waals surface area contributed by atoms with E-state index >= 15 is 0 Å². The fourth-order valence-corrected chi connectivity index (χ4v) is 2.67. The molecule has 0 fully saturated rings. The molecule has 5 nitrogen and oxygen atoms in total. The van der Waals surface area contributed by atoms with Crippen LogP contribution in [0, 0.1) is 5.82 Å². The zero-order valence-electron chi connectivity index (χ0n) is 15.2. The molecule has 1 aromatic heterocycles. The van der Waals surface area contributed by atoms with Gasteiger partial charge in [-0.2, -0.15) is 0 Å². The van der Waals surface area contributed by atoms with Gasteiger partial charge in [0.15, 0.2) is 0 Å². The van der Waals surface area contributed by atoms with Crippen molar-refractivity contribution in [3.05, 3.63) is 95.6 Å². The number of nitrogens with one attached hydrogen (secondary N) is 2. The Morgan fingerprint density at radius 1 is 0.821 bits per heavy atom. The number of carbonyl (C=O) groups excluding carboxylic acids is 2. The molecule has 1 heterocycles. The molecule has 0 atom stereocenters. The molecule has 2 aromatic carbocycles. The van der Waals surface area contributed by atoms with Crippen LogP contribution >= 0.6 is 0 Å². The van der Waals surface area contributed by atoms with Crippen molar-refractivity contribution < 1.29 is 14.0 Å². The normalized spacial score (nSPS) is 10.3. The average Bonchev–Trinajstić information content (AvgIpc) is 2.73. The maximum atomic E-state index is 13.7. The van der Waals surface area contributed by atoms with Crippen molar-refractivity contribution in [2.75, 3.05) is 11.9 Å². The first-order chi connectivity index (χ1) is 13.6. The van der Waals surface area contributed by atoms with Gasteiger partial charge in [-0.1, -0.05) is 48.5 Å². The third kappa shape index (κ3) is 5.23. The van der Waals surface area contributed by atoms with E-state index in [9.17, 15) is 14.0 Å². The summed E-state index contributed by atoms with van der Waals surface area (Å²) in [4.78, 5) is 28.7. The monoisotopic (exact) mass is 377 g/mol. The topological polar surface area (TPSA) is 71.1 Å². The summed E-state index contributed by atoms with van der Waals surface area (Å²) in [5, 5.41) is 5.26. The zero-order chi connectivity index (χ0) is 19.8. The Kier molecular flexibility index (Phi) is 6.46. The number of hydrogen-bond acceptors (Lipinski definition) is 3. The highest BCUT2D eigenvalue weighted by Gasteiger charge is 2.13. The molecule has 3 aromatic rings. The van der Waals surface area contributed by atoms with Crippen molar-refractivity contribution in [1.82, 2.24) is 10.3 Å². The molecule has 0 aliphatic rings. The van der Waals surface area contributed by atoms with Crippen molar-refractivity contribution in [2.24, 2.45) is 0 Å². The van der Waals surface area contributed by atoms with Gasteiger partial charge in [0.25, 0.3) is 11.8 Å². The second-order valence-corrected chi connectivity index (χ2v) is 6.19. The third-order valence-electron chi connectivity index (χ3n) is 4.11. The smallest absolute Gasteiger partial charge is 0.274 e. The first kappa shape index (κ1) is 19.2. The second-order valence-electron chi connectivity index (χ2n) is 6.19. The number of halogens is 1. The Labute approximate surface area is 162 Å². The van der Waals surface area contributed by atoms with Crippen LogP contribution in [0.15, 0.2) is 72.8 Å². The van der Waals surface area contributed by atoms with E-state index in [0.717, 1.165) is 12.8 Å². The number of benzene rings is 2. The van der Waals surface area contributed by atoms with Gasteiger partial charge in [-0.05, 0) is 42.7 Å². The number of aryl methyl sites for hydroxylation is 1. The molecule has 28 heavy (non-hydrogen) atoms. The van der Waals surface area contributed by atoms with Gasteiger partial charge >= 0.3 is 0 Å². The summed E-state index contributed by atoms with van der Waals surface area (Å²) in [6.45, 7) is 0.501. The fourth-order valence-electron chi connectivity index (χ4n) is 2.67. The minimum Gasteiger partial charge on any atom is -0.351 e. The van der Waals surface area contributed by atoms with Crippen LogP contribution in [0.5, 0.6) is 0 Å². The number of anilines is 1. The van der Waals surface area contributed by atoms with Gasteiger partial charge in [-0.15, -0.1) is 0 Å². The number of hydrogen-bond donors (Lipinski definition) is 2. The molecule has 3 rings (SSSR count). The van der Waals surface area contributed by atoms with E-state index in [2.05, 4.69) is 15.6 Å². The standard InChI is InChI=1S/C22H20FN3O2/c23-17-11-4-5-12-18(17)26-22(28)20-14-6-13-19(25-20)21(27)24-15-7-10-16-8-2-1-3-9-16/h1-6,8-9,11-14H,7,10,15H2,(H,24,27)(H,26,28). The summed E-state index contributed by atoms with van der Waals surface area (Å²) in [6.07, 6.45) is 1.66. The lowest BCUT2D eigenvalue weighted by Crippen LogP contribution is -2.26. The van der Waals surface area contributed by atoms with Crippen LogP contribution in [0.4, 0.5) is 10.1 Å². The molecule has 0 saturated heterocycles. The van der Waals surface area contributed by atoms with E-state index in [-0.39, 0.29) is 23.0 Å². The number of rotatable bonds is 7. The van der Waals surface area contributed by atoms with E-state index in [1.807, 2.05) is 30.3 Å². The average molecular weight is 377 g/mol. The van der Waals surface area contributed by atoms with Gasteiger partial charge in [-0.25, -0.2) is 9.37 Å². The highest BCUT2D eigenvalue weighted by atomic mass is 19.1. The predicted molar refractivity (Wildman–Crippen MR) is 106 cm³/mol. The Bertz CT molecular complexity index is 961. The summed E-state index contributed by atoms with van der Waals surface area (Å²) in [7, 11) is 0. The van der Waals surface area contributed by atoms with Gasteiger partial charge in [0, 0.05) is 6.54 Å². The maximum absolute atomic E-state index is 13.7. The molecule has 2 amide bonds. The number of carbonyl (C=O) groups is 2. The highest BCUT2D eigenvalue weighted by Crippen LogP contribution is 2.13. The minimum absolute atomic E-state index is 0.0418. The van der Waals surface area contributed by atoms with Crippen LogP contribution in [-0.4, -0.2) is 23.3 Å². The Morgan fingerprint density at radius 2 is 1.50 bits per heavy atom. The van der Waals surface area contributed by atoms with Gasteiger partial charge < -0.3 is 10.6 Å². The Balaban J connectivity index is 1.55. The Morgan fingerprint density at radius 3 is 2.25 bits per heavy atom. The van der Waals surface area contributed by atoms with Crippen LogP contribution in [0.25, 0.3) is 0 Å². The molecule has 0 radical (unpaired) electrons. The number of nitrogens with zero attached hydrogens (tertiary/aromatic N) is 1. The van der Waals surface area contributed by atoms with Gasteiger partial charge in [0.2, 0.25) is 0 Å². The van der Waals surface area contributed by atoms with Crippen molar-refractivity contribution >= 4 is 17.5 Å². The molecule has 2 N–H and O–H groups in total. The highest BCUT2D eigenvalue weighted by molar-refractivity contribution is 6.03. The lowest BCUT2D eigenvalue weighted by atomic mass is 10.1. The van der Waals surface area contributed by atoms with E-state index in [0.29, 0.717) is 6.54 Å². The molecule has 0 aliphatic heterocycles. The SMILES string of the molecule is O=C(NCCCc1ccccc1)c1cccc(C(=O)Nc2ccccc2F)n1. The number of aromatic nitrogens is 1. The summed E-state index contributed by atoms with van der Waals surface area (Å²) < 4.78 is 13.7. The quantitative estimate of drug-likeness (QED) is 0.615. The largest absolute Gasteiger partial charge is 0.351 e. The van der Waals surface area contributed by atoms with E-state index < -0.39 is 11.7 Å². The zero-order valence-corrected chi connectivity index (χ0v) is 15.2. The molecular weight excluding hydrogens is 357 g/mol. The second kappa shape index (κ2) is 9.41. The molecule has 0 spiro atoms. The van der Waals surface area contributed by atoms with Gasteiger partial charge in [0.1, 0.15) is 17.2 Å². The lowest BCUT2D eigenvalue weighted by Gasteiger charge is -2.08. The molecular formula is C22H20FN3O2. The maximum Gasteiger partial charge on any atom is 0.274 e. The minimum atomic E-state index is -0.580. The van der Waals surface area contributed by atoms with E-state index in [1.54, 1.807) is 12.1 Å². The molecule has 0 bridgehead atoms.